The zero-order valence-electron chi connectivity index (χ0n) is 30.4. The molecule has 3 aliphatic carbocycles. The van der Waals surface area contributed by atoms with Crippen LogP contribution in [0.5, 0.6) is 11.9 Å². The Hall–Kier alpha value is -3.36. The lowest BCUT2D eigenvalue weighted by Crippen LogP contribution is -2.64. The number of aromatic amines is 1. The fourth-order valence-corrected chi connectivity index (χ4v) is 10.7. The number of likely N-dealkylation sites (tertiary alicyclic amines) is 1. The normalized spacial score (nSPS) is 28.9. The summed E-state index contributed by atoms with van der Waals surface area (Å²) < 4.78 is 41.5. The molecule has 12 nitrogen and oxygen atoms in total. The Kier molecular flexibility index (Phi) is 8.11. The topological polar surface area (TPSA) is 131 Å². The summed E-state index contributed by atoms with van der Waals surface area (Å²) in [6.07, 6.45) is 11.6. The van der Waals surface area contributed by atoms with E-state index in [0.717, 1.165) is 75.7 Å². The Morgan fingerprint density at radius 1 is 1.08 bits per heavy atom. The molecule has 3 saturated carbocycles. The molecule has 0 unspecified atom stereocenters. The number of pyridine rings is 1. The van der Waals surface area contributed by atoms with E-state index in [1.54, 1.807) is 13.1 Å². The molecule has 3 aliphatic heterocycles. The monoisotopic (exact) mass is 747 g/mol. The van der Waals surface area contributed by atoms with Crippen LogP contribution in [0, 0.1) is 16.6 Å². The number of anilines is 1. The Bertz CT molecular complexity index is 2080. The highest BCUT2D eigenvalue weighted by molar-refractivity contribution is 6.33. The predicted molar refractivity (Wildman–Crippen MR) is 197 cm³/mol. The average Bonchev–Trinajstić information content (AvgIpc) is 3.72. The van der Waals surface area contributed by atoms with E-state index in [2.05, 4.69) is 15.1 Å². The van der Waals surface area contributed by atoms with Gasteiger partial charge in [0.05, 0.1) is 58.4 Å². The van der Waals surface area contributed by atoms with Gasteiger partial charge in [0.1, 0.15) is 28.0 Å². The molecular weight excluding hydrogens is 701 g/mol. The quantitative estimate of drug-likeness (QED) is 0.219. The van der Waals surface area contributed by atoms with Crippen LogP contribution in [0.15, 0.2) is 12.3 Å². The summed E-state index contributed by atoms with van der Waals surface area (Å²) in [6.45, 7) is 6.25. The zero-order chi connectivity index (χ0) is 36.1. The van der Waals surface area contributed by atoms with Crippen LogP contribution in [0.2, 0.25) is 5.02 Å². The minimum atomic E-state index is -1.17. The fourth-order valence-electron chi connectivity index (χ4n) is 10.4. The van der Waals surface area contributed by atoms with Crippen molar-refractivity contribution >= 4 is 39.2 Å². The van der Waals surface area contributed by atoms with Crippen molar-refractivity contribution in [2.45, 2.75) is 88.3 Å². The number of piperidine rings is 1. The smallest absolute Gasteiger partial charge is 0.319 e. The Morgan fingerprint density at radius 3 is 2.68 bits per heavy atom. The summed E-state index contributed by atoms with van der Waals surface area (Å²) >= 11 is 6.89. The van der Waals surface area contributed by atoms with E-state index in [-0.39, 0.29) is 47.6 Å². The average molecular weight is 748 g/mol. The van der Waals surface area contributed by atoms with Gasteiger partial charge in [-0.2, -0.15) is 15.1 Å². The number of rotatable bonds is 8. The number of fused-ring (bicyclic) bond motifs is 3. The molecule has 3 saturated heterocycles. The SMILES string of the molecule is COc1nc(-c2c(C3CC3)c(Cl)cc3[nH]ncc23)c(F)c2nc(OC[C@]34CCC[C@H]3N(C3CC5(COC5)C3)CCC4)nc(N3CCOC[C@@](C)(O)C3)c12. The molecule has 6 fully saturated rings. The number of halogens is 2. The number of benzene rings is 1. The van der Waals surface area contributed by atoms with Gasteiger partial charge in [-0.15, -0.1) is 0 Å². The van der Waals surface area contributed by atoms with Crippen LogP contribution in [0.1, 0.15) is 76.2 Å². The number of hydrogen-bond acceptors (Lipinski definition) is 11. The number of aliphatic hydroxyl groups is 1. The number of H-pyrrole nitrogens is 1. The minimum absolute atomic E-state index is 0.0256. The third-order valence-electron chi connectivity index (χ3n) is 13.1. The van der Waals surface area contributed by atoms with Gasteiger partial charge in [0.15, 0.2) is 5.82 Å². The van der Waals surface area contributed by atoms with Crippen LogP contribution in [-0.4, -0.2) is 113 Å². The van der Waals surface area contributed by atoms with Crippen molar-refractivity contribution in [1.82, 2.24) is 30.0 Å². The summed E-state index contributed by atoms with van der Waals surface area (Å²) in [7, 11) is 1.52. The number of ether oxygens (including phenoxy) is 4. The first kappa shape index (κ1) is 34.2. The summed E-state index contributed by atoms with van der Waals surface area (Å²) in [4.78, 5) is 19.4. The molecule has 1 spiro atoms. The maximum absolute atomic E-state index is 17.5. The van der Waals surface area contributed by atoms with Crippen LogP contribution in [0.25, 0.3) is 33.1 Å². The molecule has 3 atom stereocenters. The van der Waals surface area contributed by atoms with Gasteiger partial charge in [-0.25, -0.2) is 9.37 Å². The molecular formula is C39H47ClFN7O5. The second kappa shape index (κ2) is 12.6. The summed E-state index contributed by atoms with van der Waals surface area (Å²) in [6, 6.07) is 2.99. The molecule has 6 aliphatic rings. The molecule has 3 aromatic heterocycles. The number of nitrogens with one attached hydrogen (secondary N) is 1. The molecule has 4 aromatic rings. The number of methoxy groups -OCH3 is 1. The van der Waals surface area contributed by atoms with Crippen molar-refractivity contribution in [2.75, 3.05) is 64.7 Å². The summed E-state index contributed by atoms with van der Waals surface area (Å²) in [5, 5.41) is 20.1. The maximum Gasteiger partial charge on any atom is 0.319 e. The molecule has 2 N–H and O–H groups in total. The van der Waals surface area contributed by atoms with Gasteiger partial charge in [-0.1, -0.05) is 18.0 Å². The lowest BCUT2D eigenvalue weighted by molar-refractivity contribution is -0.196. The number of hydrogen-bond donors (Lipinski definition) is 2. The first-order valence-corrected chi connectivity index (χ1v) is 19.7. The van der Waals surface area contributed by atoms with E-state index in [4.69, 9.17) is 45.5 Å². The first-order valence-electron chi connectivity index (χ1n) is 19.3. The van der Waals surface area contributed by atoms with E-state index in [1.807, 2.05) is 11.0 Å². The third-order valence-corrected chi connectivity index (χ3v) is 13.4. The van der Waals surface area contributed by atoms with Gasteiger partial charge >= 0.3 is 6.01 Å². The predicted octanol–water partition coefficient (Wildman–Crippen LogP) is 6.03. The highest BCUT2D eigenvalue weighted by Crippen LogP contribution is 2.55. The van der Waals surface area contributed by atoms with Crippen LogP contribution in [0.4, 0.5) is 10.2 Å². The van der Waals surface area contributed by atoms with Gasteiger partial charge < -0.3 is 29.0 Å². The highest BCUT2D eigenvalue weighted by atomic mass is 35.5. The van der Waals surface area contributed by atoms with Crippen LogP contribution < -0.4 is 14.4 Å². The second-order valence-electron chi connectivity index (χ2n) is 17.0. The van der Waals surface area contributed by atoms with E-state index >= 15 is 4.39 Å². The molecule has 282 valence electrons. The van der Waals surface area contributed by atoms with E-state index in [0.29, 0.717) is 64.6 Å². The van der Waals surface area contributed by atoms with Crippen LogP contribution >= 0.6 is 11.6 Å². The van der Waals surface area contributed by atoms with Crippen LogP contribution in [0.3, 0.4) is 0 Å². The Labute approximate surface area is 312 Å². The number of β-amino-alcohol motifs (C(OH)–C–C–N with tert-alkyl or cyclic N) is 1. The van der Waals surface area contributed by atoms with E-state index < -0.39 is 11.4 Å². The van der Waals surface area contributed by atoms with Crippen molar-refractivity contribution in [3.05, 3.63) is 28.7 Å². The van der Waals surface area contributed by atoms with Crippen molar-refractivity contribution < 1.29 is 28.4 Å². The second-order valence-corrected chi connectivity index (χ2v) is 17.4. The molecule has 6 heterocycles. The molecule has 14 heteroatoms. The molecule has 10 rings (SSSR count). The van der Waals surface area contributed by atoms with Crippen molar-refractivity contribution in [2.24, 2.45) is 10.8 Å². The van der Waals surface area contributed by atoms with Crippen molar-refractivity contribution in [1.29, 1.82) is 0 Å². The Morgan fingerprint density at radius 2 is 1.91 bits per heavy atom. The van der Waals surface area contributed by atoms with Gasteiger partial charge in [-0.05, 0) is 82.4 Å². The molecule has 1 aromatic carbocycles. The third kappa shape index (κ3) is 5.67. The van der Waals surface area contributed by atoms with Crippen molar-refractivity contribution in [3.63, 3.8) is 0 Å². The molecule has 0 bridgehead atoms. The Balaban J connectivity index is 1.08. The number of aromatic nitrogens is 5. The lowest BCUT2D eigenvalue weighted by Gasteiger charge is -2.60. The van der Waals surface area contributed by atoms with Crippen LogP contribution in [-0.2, 0) is 9.47 Å². The standard InChI is InChI=1S/C39H47ClFN7O5/c1-37(49)17-47(11-12-51-18-37)34-30-33(31(41)32(43-35(30)50-2)29-24-16-42-46-26(24)13-25(40)28(29)22-6-7-22)44-36(45-34)53-21-39-8-3-5-27(39)48(10-4-9-39)23-14-38(15-23)19-52-20-38/h13,16,22-23,27,49H,3-12,14-15,17-21H2,1-2H3,(H,42,46)/t27-,37+,39-/m1/s1. The first-order chi connectivity index (χ1) is 25.7. The summed E-state index contributed by atoms with van der Waals surface area (Å²) in [5.74, 6) is 0.146. The van der Waals surface area contributed by atoms with Gasteiger partial charge in [0, 0.05) is 45.4 Å². The lowest BCUT2D eigenvalue weighted by atomic mass is 9.62. The molecule has 53 heavy (non-hydrogen) atoms. The zero-order valence-corrected chi connectivity index (χ0v) is 31.2. The largest absolute Gasteiger partial charge is 0.480 e. The summed E-state index contributed by atoms with van der Waals surface area (Å²) in [5.41, 5.74) is 1.49. The fraction of sp³-hybridized carbons (Fsp3) is 0.641. The van der Waals surface area contributed by atoms with Gasteiger partial charge in [0.2, 0.25) is 5.88 Å². The maximum atomic E-state index is 17.5. The molecule has 0 amide bonds. The van der Waals surface area contributed by atoms with E-state index in [1.165, 1.54) is 20.0 Å². The minimum Gasteiger partial charge on any atom is -0.480 e. The van der Waals surface area contributed by atoms with E-state index in [9.17, 15) is 5.11 Å². The van der Waals surface area contributed by atoms with Gasteiger partial charge in [-0.3, -0.25) is 10.00 Å². The number of nitrogens with zero attached hydrogens (tertiary/aromatic N) is 6. The van der Waals surface area contributed by atoms with Crippen molar-refractivity contribution in [3.8, 4) is 23.1 Å². The highest BCUT2D eigenvalue weighted by Gasteiger charge is 2.57. The van der Waals surface area contributed by atoms with Gasteiger partial charge in [0.25, 0.3) is 0 Å². The molecule has 0 radical (unpaired) electrons.